The number of benzene rings is 9. The SMILES string of the molecule is c1ccc(-c2cccc3c2oc2c(N(c4ccc5cc(-c6cccc7oc8ccccc8c67)ccc5c4)c4cccc5ccccc45)cccc23)cc1. The quantitative estimate of drug-likeness (QED) is 0.182. The molecule has 0 aliphatic heterocycles. The van der Waals surface area contributed by atoms with E-state index in [0.29, 0.717) is 0 Å². The summed E-state index contributed by atoms with van der Waals surface area (Å²) < 4.78 is 13.2. The zero-order valence-electron chi connectivity index (χ0n) is 28.7. The van der Waals surface area contributed by atoms with Crippen molar-refractivity contribution >= 4 is 82.5 Å². The van der Waals surface area contributed by atoms with Gasteiger partial charge >= 0.3 is 0 Å². The smallest absolute Gasteiger partial charge is 0.159 e. The normalized spacial score (nSPS) is 11.8. The van der Waals surface area contributed by atoms with Crippen LogP contribution in [0.3, 0.4) is 0 Å². The standard InChI is InChI=1S/C50H31NO2/c1-2-12-33(13-3-1)40-19-9-20-41-42-21-10-23-45(50(42)53-49(40)41)51(44-22-8-15-32-14-4-5-16-38(32)44)37-29-28-34-30-36(27-26-35(34)31-37)39-18-11-25-47-48(39)43-17-6-7-24-46(43)52-47/h1-31H. The van der Waals surface area contributed by atoms with Crippen LogP contribution >= 0.6 is 0 Å². The maximum Gasteiger partial charge on any atom is 0.159 e. The van der Waals surface area contributed by atoms with Crippen molar-refractivity contribution in [3.8, 4) is 22.3 Å². The van der Waals surface area contributed by atoms with E-state index < -0.39 is 0 Å². The minimum Gasteiger partial charge on any atom is -0.456 e. The lowest BCUT2D eigenvalue weighted by molar-refractivity contribution is 0.669. The van der Waals surface area contributed by atoms with Gasteiger partial charge in [0.15, 0.2) is 5.58 Å². The fourth-order valence-electron chi connectivity index (χ4n) is 8.19. The Morgan fingerprint density at radius 3 is 1.91 bits per heavy atom. The molecule has 0 aliphatic rings. The van der Waals surface area contributed by atoms with Gasteiger partial charge in [0.05, 0.1) is 11.4 Å². The average Bonchev–Trinajstić information content (AvgIpc) is 3.80. The van der Waals surface area contributed by atoms with Crippen LogP contribution in [0.2, 0.25) is 0 Å². The second-order valence-electron chi connectivity index (χ2n) is 13.7. The van der Waals surface area contributed by atoms with Crippen LogP contribution in [0.1, 0.15) is 0 Å². The van der Waals surface area contributed by atoms with Crippen molar-refractivity contribution in [1.29, 1.82) is 0 Å². The van der Waals surface area contributed by atoms with Crippen molar-refractivity contribution in [3.63, 3.8) is 0 Å². The molecule has 248 valence electrons. The highest BCUT2D eigenvalue weighted by atomic mass is 16.3. The van der Waals surface area contributed by atoms with Crippen molar-refractivity contribution in [2.24, 2.45) is 0 Å². The van der Waals surface area contributed by atoms with Gasteiger partial charge in [0.2, 0.25) is 0 Å². The number of hydrogen-bond acceptors (Lipinski definition) is 3. The summed E-state index contributed by atoms with van der Waals surface area (Å²) in [5.41, 5.74) is 11.2. The summed E-state index contributed by atoms with van der Waals surface area (Å²) in [6.45, 7) is 0. The molecule has 9 aromatic carbocycles. The van der Waals surface area contributed by atoms with E-state index in [-0.39, 0.29) is 0 Å². The molecule has 0 saturated heterocycles. The minimum absolute atomic E-state index is 0.856. The zero-order valence-corrected chi connectivity index (χ0v) is 28.7. The predicted molar refractivity (Wildman–Crippen MR) is 222 cm³/mol. The van der Waals surface area contributed by atoms with E-state index in [9.17, 15) is 0 Å². The van der Waals surface area contributed by atoms with Gasteiger partial charge in [-0.05, 0) is 75.3 Å². The number of anilines is 3. The van der Waals surface area contributed by atoms with Crippen LogP contribution in [0.25, 0.3) is 87.7 Å². The van der Waals surface area contributed by atoms with Crippen LogP contribution < -0.4 is 4.90 Å². The third-order valence-corrected chi connectivity index (χ3v) is 10.6. The topological polar surface area (TPSA) is 29.5 Å². The molecule has 0 radical (unpaired) electrons. The van der Waals surface area contributed by atoms with E-state index >= 15 is 0 Å². The van der Waals surface area contributed by atoms with Gasteiger partial charge in [-0.2, -0.15) is 0 Å². The van der Waals surface area contributed by atoms with Gasteiger partial charge < -0.3 is 13.7 Å². The number of hydrogen-bond donors (Lipinski definition) is 0. The van der Waals surface area contributed by atoms with E-state index in [4.69, 9.17) is 8.83 Å². The van der Waals surface area contributed by atoms with Gasteiger partial charge in [-0.25, -0.2) is 0 Å². The number of rotatable bonds is 5. The number of furan rings is 2. The first-order chi connectivity index (χ1) is 26.3. The fraction of sp³-hybridized carbons (Fsp3) is 0. The molecule has 11 aromatic rings. The molecule has 2 aromatic heterocycles. The van der Waals surface area contributed by atoms with Crippen molar-refractivity contribution in [1.82, 2.24) is 0 Å². The highest BCUT2D eigenvalue weighted by molar-refractivity contribution is 6.15. The summed E-state index contributed by atoms with van der Waals surface area (Å²) in [7, 11) is 0. The van der Waals surface area contributed by atoms with Crippen molar-refractivity contribution in [2.45, 2.75) is 0 Å². The average molecular weight is 678 g/mol. The van der Waals surface area contributed by atoms with E-state index in [1.807, 2.05) is 12.1 Å². The summed E-state index contributed by atoms with van der Waals surface area (Å²) in [6.07, 6.45) is 0. The van der Waals surface area contributed by atoms with Crippen LogP contribution in [0.4, 0.5) is 17.1 Å². The first-order valence-corrected chi connectivity index (χ1v) is 18.0. The molecule has 0 fully saturated rings. The van der Waals surface area contributed by atoms with Gasteiger partial charge in [0, 0.05) is 38.2 Å². The third-order valence-electron chi connectivity index (χ3n) is 10.6. The Bertz CT molecular complexity index is 3180. The number of fused-ring (bicyclic) bond motifs is 8. The minimum atomic E-state index is 0.856. The Morgan fingerprint density at radius 2 is 0.981 bits per heavy atom. The summed E-state index contributed by atoms with van der Waals surface area (Å²) in [5, 5.41) is 9.16. The Kier molecular flexibility index (Phi) is 6.55. The van der Waals surface area contributed by atoms with Gasteiger partial charge in [-0.3, -0.25) is 0 Å². The molecule has 0 N–H and O–H groups in total. The van der Waals surface area contributed by atoms with Crippen molar-refractivity contribution < 1.29 is 8.83 Å². The maximum atomic E-state index is 6.97. The third kappa shape index (κ3) is 4.68. The molecule has 3 nitrogen and oxygen atoms in total. The van der Waals surface area contributed by atoms with Crippen LogP contribution in [0.15, 0.2) is 197 Å². The lowest BCUT2D eigenvalue weighted by Crippen LogP contribution is -2.10. The largest absolute Gasteiger partial charge is 0.456 e. The number of para-hydroxylation sites is 3. The molecular weight excluding hydrogens is 647 g/mol. The first-order valence-electron chi connectivity index (χ1n) is 18.0. The predicted octanol–water partition coefficient (Wildman–Crippen LogP) is 14.6. The molecule has 0 bridgehead atoms. The molecule has 11 rings (SSSR count). The van der Waals surface area contributed by atoms with E-state index in [2.05, 4.69) is 181 Å². The highest BCUT2D eigenvalue weighted by Gasteiger charge is 2.22. The van der Waals surface area contributed by atoms with Gasteiger partial charge in [0.25, 0.3) is 0 Å². The van der Waals surface area contributed by atoms with Gasteiger partial charge in [-0.1, -0.05) is 146 Å². The second kappa shape index (κ2) is 11.7. The van der Waals surface area contributed by atoms with Crippen LogP contribution in [-0.4, -0.2) is 0 Å². The molecule has 0 saturated carbocycles. The molecular formula is C50H31NO2. The molecule has 3 heteroatoms. The number of nitrogens with zero attached hydrogens (tertiary/aromatic N) is 1. The summed E-state index contributed by atoms with van der Waals surface area (Å²) in [6, 6.07) is 66.7. The van der Waals surface area contributed by atoms with E-state index in [0.717, 1.165) is 83.0 Å². The lowest BCUT2D eigenvalue weighted by atomic mass is 9.96. The Labute approximate surface area is 305 Å². The second-order valence-corrected chi connectivity index (χ2v) is 13.7. The van der Waals surface area contributed by atoms with Crippen LogP contribution in [0, 0.1) is 0 Å². The fourth-order valence-corrected chi connectivity index (χ4v) is 8.19. The zero-order chi connectivity index (χ0) is 34.9. The molecule has 0 atom stereocenters. The van der Waals surface area contributed by atoms with E-state index in [1.54, 1.807) is 0 Å². The van der Waals surface area contributed by atoms with Gasteiger partial charge in [0.1, 0.15) is 16.7 Å². The molecule has 0 spiro atoms. The maximum absolute atomic E-state index is 6.97. The van der Waals surface area contributed by atoms with Crippen LogP contribution in [0.5, 0.6) is 0 Å². The lowest BCUT2D eigenvalue weighted by Gasteiger charge is -2.27. The Hall–Kier alpha value is -7.10. The van der Waals surface area contributed by atoms with Crippen molar-refractivity contribution in [2.75, 3.05) is 4.90 Å². The van der Waals surface area contributed by atoms with Gasteiger partial charge in [-0.15, -0.1) is 0 Å². The van der Waals surface area contributed by atoms with E-state index in [1.165, 1.54) is 21.7 Å². The molecule has 0 aliphatic carbocycles. The summed E-state index contributed by atoms with van der Waals surface area (Å²) in [5.74, 6) is 0. The van der Waals surface area contributed by atoms with Crippen molar-refractivity contribution in [3.05, 3.63) is 188 Å². The Morgan fingerprint density at radius 1 is 0.340 bits per heavy atom. The molecule has 53 heavy (non-hydrogen) atoms. The Balaban J connectivity index is 1.11. The first kappa shape index (κ1) is 29.6. The summed E-state index contributed by atoms with van der Waals surface area (Å²) in [4.78, 5) is 2.36. The van der Waals surface area contributed by atoms with Crippen LogP contribution in [-0.2, 0) is 0 Å². The summed E-state index contributed by atoms with van der Waals surface area (Å²) >= 11 is 0. The molecule has 2 heterocycles. The monoisotopic (exact) mass is 677 g/mol. The molecule has 0 amide bonds. The molecule has 0 unspecified atom stereocenters. The highest BCUT2D eigenvalue weighted by Crippen LogP contribution is 2.46.